The molecule has 0 fully saturated rings. The fraction of sp³-hybridized carbons (Fsp3) is 0.294. The summed E-state index contributed by atoms with van der Waals surface area (Å²) in [4.78, 5) is 18.4. The highest BCUT2D eigenvalue weighted by atomic mass is 15.0. The van der Waals surface area contributed by atoms with E-state index in [-0.39, 0.29) is 0 Å². The van der Waals surface area contributed by atoms with Gasteiger partial charge in [0.1, 0.15) is 0 Å². The molecule has 2 N–H and O–H groups in total. The Morgan fingerprint density at radius 2 is 1.82 bits per heavy atom. The van der Waals surface area contributed by atoms with Gasteiger partial charge in [-0.1, -0.05) is 37.3 Å². The Hall–Kier alpha value is -2.56. The maximum absolute atomic E-state index is 6.10. The van der Waals surface area contributed by atoms with Crippen molar-refractivity contribution >= 4 is 17.0 Å². The summed E-state index contributed by atoms with van der Waals surface area (Å²) in [5.41, 5.74) is 10.4. The zero-order valence-corrected chi connectivity index (χ0v) is 12.5. The average Bonchev–Trinajstić information content (AvgIpc) is 2.54. The standard InChI is InChI=1S/C17H17N5/c1-10-7-8-12-13(9-10)20-17-14(19-12)15(18)21-16(22-17)11-5-3-2-4-6-11/h2-6,10H,7-9H2,1H3,(H2,18,20,21,22)/t10-/m0/s1. The Balaban J connectivity index is 1.90. The zero-order chi connectivity index (χ0) is 15.1. The number of benzene rings is 1. The van der Waals surface area contributed by atoms with Crippen LogP contribution < -0.4 is 5.73 Å². The van der Waals surface area contributed by atoms with Crippen molar-refractivity contribution in [2.45, 2.75) is 26.2 Å². The first-order valence-electron chi connectivity index (χ1n) is 7.59. The molecule has 0 unspecified atom stereocenters. The summed E-state index contributed by atoms with van der Waals surface area (Å²) in [7, 11) is 0. The lowest BCUT2D eigenvalue weighted by molar-refractivity contribution is 0.486. The van der Waals surface area contributed by atoms with E-state index >= 15 is 0 Å². The number of nitrogen functional groups attached to an aromatic ring is 1. The molecule has 0 bridgehead atoms. The SMILES string of the molecule is C[C@H]1CCc2nc3c(N)nc(-c4ccccc4)nc3nc2C1. The van der Waals surface area contributed by atoms with Gasteiger partial charge in [-0.15, -0.1) is 0 Å². The van der Waals surface area contributed by atoms with Crippen LogP contribution in [0.1, 0.15) is 24.7 Å². The smallest absolute Gasteiger partial charge is 0.184 e. The van der Waals surface area contributed by atoms with Crippen LogP contribution in [0.15, 0.2) is 30.3 Å². The minimum absolute atomic E-state index is 0.401. The zero-order valence-electron chi connectivity index (χ0n) is 12.5. The first-order chi connectivity index (χ1) is 10.7. The fourth-order valence-electron chi connectivity index (χ4n) is 2.93. The molecular weight excluding hydrogens is 274 g/mol. The van der Waals surface area contributed by atoms with Gasteiger partial charge in [0.2, 0.25) is 0 Å². The minimum Gasteiger partial charge on any atom is -0.382 e. The lowest BCUT2D eigenvalue weighted by atomic mass is 9.91. The molecule has 3 aromatic rings. The number of aryl methyl sites for hydroxylation is 1. The molecule has 1 aliphatic rings. The van der Waals surface area contributed by atoms with E-state index in [0.717, 1.165) is 36.2 Å². The van der Waals surface area contributed by atoms with Crippen molar-refractivity contribution in [2.24, 2.45) is 5.92 Å². The molecule has 0 saturated carbocycles. The van der Waals surface area contributed by atoms with Crippen LogP contribution >= 0.6 is 0 Å². The Labute approximate surface area is 128 Å². The summed E-state index contributed by atoms with van der Waals surface area (Å²) < 4.78 is 0. The van der Waals surface area contributed by atoms with Crippen LogP contribution in [-0.4, -0.2) is 19.9 Å². The van der Waals surface area contributed by atoms with E-state index in [1.54, 1.807) is 0 Å². The lowest BCUT2D eigenvalue weighted by Gasteiger charge is -2.20. The van der Waals surface area contributed by atoms with Gasteiger partial charge in [-0.25, -0.2) is 19.9 Å². The molecule has 1 aliphatic carbocycles. The van der Waals surface area contributed by atoms with Gasteiger partial charge in [0.25, 0.3) is 0 Å². The Kier molecular flexibility index (Phi) is 2.99. The third-order valence-electron chi connectivity index (χ3n) is 4.16. The summed E-state index contributed by atoms with van der Waals surface area (Å²) in [5.74, 6) is 1.65. The van der Waals surface area contributed by atoms with Gasteiger partial charge < -0.3 is 5.73 Å². The molecule has 2 aromatic heterocycles. The minimum atomic E-state index is 0.401. The Morgan fingerprint density at radius 1 is 1.00 bits per heavy atom. The highest BCUT2D eigenvalue weighted by molar-refractivity contribution is 5.83. The van der Waals surface area contributed by atoms with E-state index < -0.39 is 0 Å². The molecule has 5 nitrogen and oxygen atoms in total. The van der Waals surface area contributed by atoms with Crippen molar-refractivity contribution < 1.29 is 0 Å². The summed E-state index contributed by atoms with van der Waals surface area (Å²) in [6.07, 6.45) is 3.07. The molecule has 2 heterocycles. The molecule has 5 heteroatoms. The maximum Gasteiger partial charge on any atom is 0.184 e. The van der Waals surface area contributed by atoms with Crippen LogP contribution in [0.5, 0.6) is 0 Å². The molecular formula is C17H17N5. The number of anilines is 1. The van der Waals surface area contributed by atoms with Gasteiger partial charge in [-0.2, -0.15) is 0 Å². The van der Waals surface area contributed by atoms with Gasteiger partial charge in [-0.05, 0) is 25.2 Å². The molecule has 4 rings (SSSR count). The van der Waals surface area contributed by atoms with E-state index in [4.69, 9.17) is 10.7 Å². The van der Waals surface area contributed by atoms with E-state index in [0.29, 0.717) is 28.7 Å². The van der Waals surface area contributed by atoms with E-state index in [2.05, 4.69) is 21.9 Å². The lowest BCUT2D eigenvalue weighted by Crippen LogP contribution is -2.16. The average molecular weight is 291 g/mol. The van der Waals surface area contributed by atoms with Crippen molar-refractivity contribution in [2.75, 3.05) is 5.73 Å². The summed E-state index contributed by atoms with van der Waals surface area (Å²) in [5, 5.41) is 0. The van der Waals surface area contributed by atoms with Crippen LogP contribution in [0.25, 0.3) is 22.6 Å². The van der Waals surface area contributed by atoms with Crippen LogP contribution in [0.2, 0.25) is 0 Å². The Morgan fingerprint density at radius 3 is 2.64 bits per heavy atom. The van der Waals surface area contributed by atoms with Crippen molar-refractivity contribution in [3.63, 3.8) is 0 Å². The molecule has 0 radical (unpaired) electrons. The van der Waals surface area contributed by atoms with E-state index in [1.807, 2.05) is 30.3 Å². The van der Waals surface area contributed by atoms with Crippen molar-refractivity contribution in [3.8, 4) is 11.4 Å². The second-order valence-corrected chi connectivity index (χ2v) is 5.94. The first-order valence-corrected chi connectivity index (χ1v) is 7.59. The van der Waals surface area contributed by atoms with Gasteiger partial charge >= 0.3 is 0 Å². The highest BCUT2D eigenvalue weighted by Crippen LogP contribution is 2.26. The molecule has 110 valence electrons. The van der Waals surface area contributed by atoms with Gasteiger partial charge in [0, 0.05) is 5.56 Å². The van der Waals surface area contributed by atoms with Crippen LogP contribution in [0.4, 0.5) is 5.82 Å². The van der Waals surface area contributed by atoms with E-state index in [1.165, 1.54) is 0 Å². The first kappa shape index (κ1) is 13.1. The van der Waals surface area contributed by atoms with Gasteiger partial charge in [-0.3, -0.25) is 0 Å². The topological polar surface area (TPSA) is 77.6 Å². The number of aromatic nitrogens is 4. The van der Waals surface area contributed by atoms with Crippen LogP contribution in [0.3, 0.4) is 0 Å². The van der Waals surface area contributed by atoms with Gasteiger partial charge in [0.15, 0.2) is 22.8 Å². The number of nitrogens with two attached hydrogens (primary N) is 1. The third-order valence-corrected chi connectivity index (χ3v) is 4.16. The molecule has 0 amide bonds. The molecule has 0 saturated heterocycles. The van der Waals surface area contributed by atoms with Crippen LogP contribution in [-0.2, 0) is 12.8 Å². The summed E-state index contributed by atoms with van der Waals surface area (Å²) in [6.45, 7) is 2.25. The highest BCUT2D eigenvalue weighted by Gasteiger charge is 2.20. The molecule has 1 aromatic carbocycles. The predicted molar refractivity (Wildman–Crippen MR) is 86.2 cm³/mol. The Bertz CT molecular complexity index is 845. The van der Waals surface area contributed by atoms with Crippen molar-refractivity contribution in [1.29, 1.82) is 0 Å². The molecule has 1 atom stereocenters. The number of hydrogen-bond acceptors (Lipinski definition) is 5. The number of rotatable bonds is 1. The predicted octanol–water partition coefficient (Wildman–Crippen LogP) is 2.79. The number of nitrogens with zero attached hydrogens (tertiary/aromatic N) is 4. The van der Waals surface area contributed by atoms with Gasteiger partial charge in [0.05, 0.1) is 11.4 Å². The van der Waals surface area contributed by atoms with Crippen LogP contribution in [0, 0.1) is 5.92 Å². The molecule has 0 aliphatic heterocycles. The quantitative estimate of drug-likeness (QED) is 0.746. The largest absolute Gasteiger partial charge is 0.382 e. The summed E-state index contributed by atoms with van der Waals surface area (Å²) >= 11 is 0. The molecule has 22 heavy (non-hydrogen) atoms. The number of fused-ring (bicyclic) bond motifs is 2. The third kappa shape index (κ3) is 2.19. The second kappa shape index (κ2) is 5.02. The second-order valence-electron chi connectivity index (χ2n) is 5.94. The normalized spacial score (nSPS) is 17.4. The monoisotopic (exact) mass is 291 g/mol. The van der Waals surface area contributed by atoms with Crippen molar-refractivity contribution in [1.82, 2.24) is 19.9 Å². The molecule has 0 spiro atoms. The maximum atomic E-state index is 6.10. The number of hydrogen-bond donors (Lipinski definition) is 1. The summed E-state index contributed by atoms with van der Waals surface area (Å²) in [6, 6.07) is 9.81. The van der Waals surface area contributed by atoms with E-state index in [9.17, 15) is 0 Å². The fourth-order valence-corrected chi connectivity index (χ4v) is 2.93. The van der Waals surface area contributed by atoms with Crippen molar-refractivity contribution in [3.05, 3.63) is 41.7 Å².